The predicted molar refractivity (Wildman–Crippen MR) is 66.0 cm³/mol. The second-order valence-electron chi connectivity index (χ2n) is 5.44. The van der Waals surface area contributed by atoms with Gasteiger partial charge in [-0.2, -0.15) is 0 Å². The molecule has 1 aromatic rings. The third kappa shape index (κ3) is 0.964. The number of ketones is 1. The highest BCUT2D eigenvalue weighted by molar-refractivity contribution is 6.09. The number of amides is 1. The number of hydrogen-bond acceptors (Lipinski definition) is 2. The summed E-state index contributed by atoms with van der Waals surface area (Å²) in [6.45, 7) is 2.34. The maximum Gasteiger partial charge on any atom is 0.223 e. The van der Waals surface area contributed by atoms with Crippen molar-refractivity contribution in [1.82, 2.24) is 4.90 Å². The van der Waals surface area contributed by atoms with Crippen LogP contribution in [0, 0.1) is 5.92 Å². The zero-order chi connectivity index (χ0) is 12.5. The molecule has 1 saturated heterocycles. The topological polar surface area (TPSA) is 37.4 Å². The molecule has 4 rings (SSSR count). The van der Waals surface area contributed by atoms with E-state index in [1.807, 2.05) is 24.3 Å². The molecule has 2 fully saturated rings. The van der Waals surface area contributed by atoms with Gasteiger partial charge in [-0.1, -0.05) is 24.3 Å². The van der Waals surface area contributed by atoms with Gasteiger partial charge in [-0.15, -0.1) is 0 Å². The summed E-state index contributed by atoms with van der Waals surface area (Å²) in [6, 6.07) is 7.83. The Labute approximate surface area is 105 Å². The highest BCUT2D eigenvalue weighted by Crippen LogP contribution is 2.66. The summed E-state index contributed by atoms with van der Waals surface area (Å²) in [7, 11) is 0. The molecule has 1 amide bonds. The maximum atomic E-state index is 12.1. The number of allylic oxidation sites excluding steroid dienone is 2. The van der Waals surface area contributed by atoms with E-state index in [0.717, 1.165) is 29.8 Å². The van der Waals surface area contributed by atoms with E-state index in [9.17, 15) is 9.59 Å². The first-order valence-corrected chi connectivity index (χ1v) is 6.29. The van der Waals surface area contributed by atoms with Gasteiger partial charge < -0.3 is 4.90 Å². The van der Waals surface area contributed by atoms with Crippen LogP contribution in [0.25, 0.3) is 0 Å². The van der Waals surface area contributed by atoms with Gasteiger partial charge in [-0.25, -0.2) is 0 Å². The maximum absolute atomic E-state index is 12.1. The zero-order valence-electron chi connectivity index (χ0n) is 10.1. The Morgan fingerprint density at radius 2 is 2.17 bits per heavy atom. The molecule has 3 heteroatoms. The molecule has 1 aliphatic heterocycles. The second kappa shape index (κ2) is 2.91. The van der Waals surface area contributed by atoms with Crippen LogP contribution in [0.1, 0.15) is 29.3 Å². The number of likely N-dealkylation sites (tertiary alicyclic amines) is 1. The van der Waals surface area contributed by atoms with Crippen molar-refractivity contribution >= 4 is 11.7 Å². The fourth-order valence-electron chi connectivity index (χ4n) is 3.69. The first kappa shape index (κ1) is 10.1. The molecule has 3 nitrogen and oxygen atoms in total. The van der Waals surface area contributed by atoms with Crippen molar-refractivity contribution in [2.45, 2.75) is 18.8 Å². The highest BCUT2D eigenvalue weighted by atomic mass is 16.2. The summed E-state index contributed by atoms with van der Waals surface area (Å²) in [4.78, 5) is 25.6. The monoisotopic (exact) mass is 239 g/mol. The largest absolute Gasteiger partial charge is 0.315 e. The summed E-state index contributed by atoms with van der Waals surface area (Å²) >= 11 is 0. The number of fused-ring (bicyclic) bond motifs is 1. The molecule has 1 heterocycles. The quantitative estimate of drug-likeness (QED) is 0.693. The van der Waals surface area contributed by atoms with E-state index >= 15 is 0 Å². The number of nitrogens with zero attached hydrogens (tertiary/aromatic N) is 1. The van der Waals surface area contributed by atoms with Crippen LogP contribution in [-0.2, 0) is 10.2 Å². The van der Waals surface area contributed by atoms with Crippen LogP contribution in [0.5, 0.6) is 0 Å². The molecule has 3 aliphatic rings. The fourth-order valence-corrected chi connectivity index (χ4v) is 3.69. The second-order valence-corrected chi connectivity index (χ2v) is 5.44. The van der Waals surface area contributed by atoms with E-state index in [1.54, 1.807) is 17.9 Å². The van der Waals surface area contributed by atoms with Crippen LogP contribution >= 0.6 is 0 Å². The lowest BCUT2D eigenvalue weighted by Crippen LogP contribution is -2.32. The van der Waals surface area contributed by atoms with E-state index in [1.165, 1.54) is 0 Å². The first-order chi connectivity index (χ1) is 8.64. The third-order valence-electron chi connectivity index (χ3n) is 4.58. The van der Waals surface area contributed by atoms with E-state index < -0.39 is 0 Å². The minimum Gasteiger partial charge on any atom is -0.315 e. The molecule has 1 spiro atoms. The highest BCUT2D eigenvalue weighted by Gasteiger charge is 2.66. The summed E-state index contributed by atoms with van der Waals surface area (Å²) in [5.41, 5.74) is 2.84. The number of carbonyl (C=O) groups excluding carboxylic acids is 2. The Morgan fingerprint density at radius 1 is 1.39 bits per heavy atom. The van der Waals surface area contributed by atoms with Crippen molar-refractivity contribution in [3.8, 4) is 0 Å². The van der Waals surface area contributed by atoms with Gasteiger partial charge in [-0.3, -0.25) is 9.59 Å². The lowest BCUT2D eigenvalue weighted by molar-refractivity contribution is -0.126. The van der Waals surface area contributed by atoms with Crippen LogP contribution in [-0.4, -0.2) is 23.1 Å². The average molecular weight is 239 g/mol. The van der Waals surface area contributed by atoms with Crippen molar-refractivity contribution in [2.75, 3.05) is 6.54 Å². The Kier molecular flexibility index (Phi) is 1.63. The summed E-state index contributed by atoms with van der Waals surface area (Å²) in [5.74, 6) is 0.576. The van der Waals surface area contributed by atoms with Crippen LogP contribution in [0.2, 0.25) is 0 Å². The van der Waals surface area contributed by atoms with Crippen molar-refractivity contribution in [1.29, 1.82) is 0 Å². The molecule has 0 unspecified atom stereocenters. The van der Waals surface area contributed by atoms with Gasteiger partial charge in [0.2, 0.25) is 5.91 Å². The van der Waals surface area contributed by atoms with Gasteiger partial charge in [0.1, 0.15) is 0 Å². The van der Waals surface area contributed by atoms with E-state index in [4.69, 9.17) is 0 Å². The number of benzene rings is 1. The SMILES string of the molecule is CC(=O)N1C[C@H]2C[C@@]23C1=CC(=O)c1ccccc13. The number of hydrogen-bond donors (Lipinski definition) is 0. The van der Waals surface area contributed by atoms with E-state index in [-0.39, 0.29) is 17.1 Å². The van der Waals surface area contributed by atoms with Gasteiger partial charge >= 0.3 is 0 Å². The molecule has 0 N–H and O–H groups in total. The molecule has 90 valence electrons. The van der Waals surface area contributed by atoms with Gasteiger partial charge in [0.15, 0.2) is 5.78 Å². The van der Waals surface area contributed by atoms with E-state index in [0.29, 0.717) is 5.92 Å². The Balaban J connectivity index is 1.95. The molecule has 0 bridgehead atoms. The normalized spacial score (nSPS) is 31.4. The van der Waals surface area contributed by atoms with Gasteiger partial charge in [0, 0.05) is 36.2 Å². The predicted octanol–water partition coefficient (Wildman–Crippen LogP) is 1.89. The zero-order valence-corrected chi connectivity index (χ0v) is 10.1. The van der Waals surface area contributed by atoms with Crippen LogP contribution < -0.4 is 0 Å². The first-order valence-electron chi connectivity index (χ1n) is 6.29. The number of piperidine rings is 1. The van der Waals surface area contributed by atoms with Crippen molar-refractivity contribution < 1.29 is 9.59 Å². The lowest BCUT2D eigenvalue weighted by atomic mass is 9.81. The Bertz CT molecular complexity index is 631. The van der Waals surface area contributed by atoms with Crippen LogP contribution in [0.3, 0.4) is 0 Å². The molecule has 1 saturated carbocycles. The average Bonchev–Trinajstić information content (AvgIpc) is 2.99. The van der Waals surface area contributed by atoms with Crippen molar-refractivity contribution in [3.63, 3.8) is 0 Å². The summed E-state index contributed by atoms with van der Waals surface area (Å²) in [5, 5.41) is 0. The number of rotatable bonds is 0. The molecule has 0 radical (unpaired) electrons. The van der Waals surface area contributed by atoms with Crippen LogP contribution in [0.4, 0.5) is 0 Å². The molecule has 2 aliphatic carbocycles. The standard InChI is InChI=1S/C15H13NO2/c1-9(17)16-8-10-7-15(10)12-5-3-2-4-11(12)13(18)6-14(15)16/h2-6,10H,7-8H2,1H3/t10-,15-/m1/s1. The smallest absolute Gasteiger partial charge is 0.223 e. The summed E-state index contributed by atoms with van der Waals surface area (Å²) < 4.78 is 0. The van der Waals surface area contributed by atoms with E-state index in [2.05, 4.69) is 0 Å². The Morgan fingerprint density at radius 3 is 2.94 bits per heavy atom. The molecular formula is C15H13NO2. The lowest BCUT2D eigenvalue weighted by Gasteiger charge is -2.28. The molecule has 2 atom stereocenters. The third-order valence-corrected chi connectivity index (χ3v) is 4.58. The van der Waals surface area contributed by atoms with Crippen LogP contribution in [0.15, 0.2) is 36.0 Å². The molecular weight excluding hydrogens is 226 g/mol. The van der Waals surface area contributed by atoms with Crippen molar-refractivity contribution in [2.24, 2.45) is 5.92 Å². The Hall–Kier alpha value is -1.90. The molecule has 0 aromatic heterocycles. The molecule has 18 heavy (non-hydrogen) atoms. The minimum atomic E-state index is -0.0316. The molecule has 1 aromatic carbocycles. The van der Waals surface area contributed by atoms with Gasteiger partial charge in [0.25, 0.3) is 0 Å². The van der Waals surface area contributed by atoms with Gasteiger partial charge in [0.05, 0.1) is 0 Å². The van der Waals surface area contributed by atoms with Gasteiger partial charge in [-0.05, 0) is 17.9 Å². The fraction of sp³-hybridized carbons (Fsp3) is 0.333. The van der Waals surface area contributed by atoms with Crippen molar-refractivity contribution in [3.05, 3.63) is 47.2 Å². The minimum absolute atomic E-state index is 0.0316. The number of carbonyl (C=O) groups is 2. The summed E-state index contributed by atoms with van der Waals surface area (Å²) in [6.07, 6.45) is 2.75.